The van der Waals surface area contributed by atoms with Crippen molar-refractivity contribution >= 4 is 17.6 Å². The number of piperidine rings is 1. The second-order valence-corrected chi connectivity index (χ2v) is 7.60. The van der Waals surface area contributed by atoms with Crippen LogP contribution < -0.4 is 10.5 Å². The quantitative estimate of drug-likeness (QED) is 0.674. The van der Waals surface area contributed by atoms with Crippen LogP contribution in [-0.2, 0) is 11.2 Å². The van der Waals surface area contributed by atoms with Gasteiger partial charge < -0.3 is 15.2 Å². The van der Waals surface area contributed by atoms with Crippen molar-refractivity contribution in [3.8, 4) is 5.75 Å². The van der Waals surface area contributed by atoms with Gasteiger partial charge in [-0.25, -0.2) is 4.31 Å². The first-order valence-electron chi connectivity index (χ1n) is 8.60. The molecule has 0 aliphatic carbocycles. The topological polar surface area (TPSA) is 51.0 Å². The van der Waals surface area contributed by atoms with Crippen LogP contribution in [0.4, 0.5) is 5.69 Å². The van der Waals surface area contributed by atoms with Gasteiger partial charge in [-0.15, -0.1) is 0 Å². The first-order valence-corrected chi connectivity index (χ1v) is 9.37. The first-order chi connectivity index (χ1) is 11.3. The number of anilines is 1. The highest BCUT2D eigenvalue weighted by atomic mass is 32.2. The van der Waals surface area contributed by atoms with E-state index in [-0.39, 0.29) is 0 Å². The molecule has 0 radical (unpaired) electrons. The third-order valence-corrected chi connectivity index (χ3v) is 6.26. The number of hydrogen-bond donors (Lipinski definition) is 1. The van der Waals surface area contributed by atoms with E-state index < -0.39 is 0 Å². The van der Waals surface area contributed by atoms with Crippen molar-refractivity contribution < 1.29 is 9.47 Å². The molecule has 6 heteroatoms. The predicted molar refractivity (Wildman–Crippen MR) is 92.9 cm³/mol. The Kier molecular flexibility index (Phi) is 4.66. The van der Waals surface area contributed by atoms with Crippen LogP contribution in [0.2, 0.25) is 0 Å². The second kappa shape index (κ2) is 6.89. The van der Waals surface area contributed by atoms with Gasteiger partial charge in [0.1, 0.15) is 5.75 Å². The second-order valence-electron chi connectivity index (χ2n) is 6.46. The minimum Gasteiger partial charge on any atom is -0.491 e. The molecule has 4 rings (SSSR count). The molecule has 1 aromatic carbocycles. The number of morpholine rings is 1. The van der Waals surface area contributed by atoms with Crippen LogP contribution in [0.5, 0.6) is 5.75 Å². The Morgan fingerprint density at radius 1 is 1.04 bits per heavy atom. The van der Waals surface area contributed by atoms with Gasteiger partial charge in [-0.3, -0.25) is 4.90 Å². The van der Waals surface area contributed by atoms with Gasteiger partial charge in [-0.05, 0) is 36.9 Å². The third-order valence-electron chi connectivity index (χ3n) is 5.06. The lowest BCUT2D eigenvalue weighted by molar-refractivity contribution is 0.00658. The summed E-state index contributed by atoms with van der Waals surface area (Å²) in [5.41, 5.74) is 8.08. The SMILES string of the molecule is Nc1ccc(SN2CCC(N3CCOCC3)CC2)c2c1OCC2. The van der Waals surface area contributed by atoms with Crippen LogP contribution in [0.3, 0.4) is 0 Å². The van der Waals surface area contributed by atoms with Crippen molar-refractivity contribution in [2.45, 2.75) is 30.2 Å². The zero-order valence-electron chi connectivity index (χ0n) is 13.5. The molecule has 5 nitrogen and oxygen atoms in total. The summed E-state index contributed by atoms with van der Waals surface area (Å²) in [6.45, 7) is 7.04. The fraction of sp³-hybridized carbons (Fsp3) is 0.647. The summed E-state index contributed by atoms with van der Waals surface area (Å²) in [7, 11) is 0. The summed E-state index contributed by atoms with van der Waals surface area (Å²) >= 11 is 1.88. The molecule has 1 aromatic rings. The summed E-state index contributed by atoms with van der Waals surface area (Å²) in [5.74, 6) is 0.915. The Bertz CT molecular complexity index is 555. The Balaban J connectivity index is 1.36. The average molecular weight is 335 g/mol. The monoisotopic (exact) mass is 335 g/mol. The summed E-state index contributed by atoms with van der Waals surface area (Å²) in [6, 6.07) is 4.87. The standard InChI is InChI=1S/C17H25N3O2S/c18-15-1-2-16(14-5-10-22-17(14)15)23-20-6-3-13(4-7-20)19-8-11-21-12-9-19/h1-2,13H,3-12,18H2. The van der Waals surface area contributed by atoms with E-state index in [0.29, 0.717) is 0 Å². The fourth-order valence-electron chi connectivity index (χ4n) is 3.76. The predicted octanol–water partition coefficient (Wildman–Crippen LogP) is 2.01. The molecule has 3 heterocycles. The molecule has 0 unspecified atom stereocenters. The van der Waals surface area contributed by atoms with Crippen molar-refractivity contribution in [1.82, 2.24) is 9.21 Å². The van der Waals surface area contributed by atoms with Crippen LogP contribution in [-0.4, -0.2) is 61.2 Å². The summed E-state index contributed by atoms with van der Waals surface area (Å²) in [4.78, 5) is 3.93. The van der Waals surface area contributed by atoms with Gasteiger partial charge in [0.15, 0.2) is 0 Å². The molecular weight excluding hydrogens is 310 g/mol. The summed E-state index contributed by atoms with van der Waals surface area (Å²) in [6.07, 6.45) is 3.48. The summed E-state index contributed by atoms with van der Waals surface area (Å²) < 4.78 is 13.6. The zero-order chi connectivity index (χ0) is 15.6. The van der Waals surface area contributed by atoms with E-state index >= 15 is 0 Å². The van der Waals surface area contributed by atoms with Gasteiger partial charge in [0.05, 0.1) is 25.5 Å². The van der Waals surface area contributed by atoms with E-state index in [2.05, 4.69) is 15.3 Å². The van der Waals surface area contributed by atoms with Gasteiger partial charge in [-0.1, -0.05) is 0 Å². The average Bonchev–Trinajstić information content (AvgIpc) is 3.10. The largest absolute Gasteiger partial charge is 0.491 e. The molecule has 126 valence electrons. The van der Waals surface area contributed by atoms with E-state index in [1.165, 1.54) is 23.3 Å². The van der Waals surface area contributed by atoms with Gasteiger partial charge in [-0.2, -0.15) is 0 Å². The molecule has 2 N–H and O–H groups in total. The number of nitrogens with zero attached hydrogens (tertiary/aromatic N) is 2. The molecule has 0 bridgehead atoms. The number of nitrogens with two attached hydrogens (primary N) is 1. The Morgan fingerprint density at radius 2 is 1.83 bits per heavy atom. The number of nitrogen functional groups attached to an aromatic ring is 1. The molecule has 0 aromatic heterocycles. The first kappa shape index (κ1) is 15.6. The Labute approximate surface area is 142 Å². The Morgan fingerprint density at radius 3 is 2.61 bits per heavy atom. The number of benzene rings is 1. The molecule has 23 heavy (non-hydrogen) atoms. The van der Waals surface area contributed by atoms with Crippen LogP contribution in [0.1, 0.15) is 18.4 Å². The van der Waals surface area contributed by atoms with Crippen LogP contribution in [0.15, 0.2) is 17.0 Å². The van der Waals surface area contributed by atoms with Gasteiger partial charge >= 0.3 is 0 Å². The van der Waals surface area contributed by atoms with Crippen molar-refractivity contribution in [1.29, 1.82) is 0 Å². The van der Waals surface area contributed by atoms with Crippen LogP contribution in [0.25, 0.3) is 0 Å². The Hall–Kier alpha value is -0.950. The maximum Gasteiger partial charge on any atom is 0.146 e. The van der Waals surface area contributed by atoms with E-state index in [1.54, 1.807) is 0 Å². The summed E-state index contributed by atoms with van der Waals surface area (Å²) in [5, 5.41) is 0. The molecule has 0 amide bonds. The molecule has 0 atom stereocenters. The van der Waals surface area contributed by atoms with Crippen LogP contribution in [0, 0.1) is 0 Å². The lowest BCUT2D eigenvalue weighted by atomic mass is 10.0. The van der Waals surface area contributed by atoms with Gasteiger partial charge in [0.25, 0.3) is 0 Å². The number of hydrogen-bond acceptors (Lipinski definition) is 6. The van der Waals surface area contributed by atoms with Crippen molar-refractivity contribution in [2.75, 3.05) is 51.7 Å². The maximum atomic E-state index is 6.01. The highest BCUT2D eigenvalue weighted by molar-refractivity contribution is 7.97. The molecule has 0 spiro atoms. The van der Waals surface area contributed by atoms with Crippen molar-refractivity contribution in [3.05, 3.63) is 17.7 Å². The third kappa shape index (κ3) is 3.31. The van der Waals surface area contributed by atoms with Gasteiger partial charge in [0, 0.05) is 49.1 Å². The molecule has 3 aliphatic heterocycles. The maximum absolute atomic E-state index is 6.01. The van der Waals surface area contributed by atoms with Crippen molar-refractivity contribution in [2.24, 2.45) is 0 Å². The minimum absolute atomic E-state index is 0.733. The minimum atomic E-state index is 0.733. The molecular formula is C17H25N3O2S. The highest BCUT2D eigenvalue weighted by Crippen LogP contribution is 2.40. The number of ether oxygens (including phenoxy) is 2. The molecule has 0 saturated carbocycles. The normalized spacial score (nSPS) is 23.7. The lowest BCUT2D eigenvalue weighted by Crippen LogP contribution is -2.47. The molecule has 3 aliphatic rings. The van der Waals surface area contributed by atoms with E-state index in [0.717, 1.165) is 69.9 Å². The zero-order valence-corrected chi connectivity index (χ0v) is 14.3. The highest BCUT2D eigenvalue weighted by Gasteiger charge is 2.27. The molecule has 2 saturated heterocycles. The van der Waals surface area contributed by atoms with E-state index in [9.17, 15) is 0 Å². The molecule has 2 fully saturated rings. The number of rotatable bonds is 3. The van der Waals surface area contributed by atoms with E-state index in [1.807, 2.05) is 18.0 Å². The number of fused-ring (bicyclic) bond motifs is 1. The van der Waals surface area contributed by atoms with Crippen LogP contribution >= 0.6 is 11.9 Å². The van der Waals surface area contributed by atoms with Crippen molar-refractivity contribution in [3.63, 3.8) is 0 Å². The lowest BCUT2D eigenvalue weighted by Gasteiger charge is -2.39. The van der Waals surface area contributed by atoms with E-state index in [4.69, 9.17) is 15.2 Å². The van der Waals surface area contributed by atoms with Gasteiger partial charge in [0.2, 0.25) is 0 Å². The smallest absolute Gasteiger partial charge is 0.146 e. The fourth-order valence-corrected chi connectivity index (χ4v) is 4.86.